The van der Waals surface area contributed by atoms with Gasteiger partial charge in [0.05, 0.1) is 28.5 Å². The van der Waals surface area contributed by atoms with Crippen LogP contribution in [0.3, 0.4) is 0 Å². The molecule has 0 aliphatic carbocycles. The number of amides is 1. The van der Waals surface area contributed by atoms with Gasteiger partial charge in [-0.25, -0.2) is 4.68 Å². The highest BCUT2D eigenvalue weighted by atomic mass is 16.1. The number of aryl methyl sites for hydroxylation is 2. The standard InChI is InChI=1S/C23H22N4O/c1-15-20-7-4-5-8-21(20)25-17(3)22(15)23(28)26-16(2)18-9-11-19(12-10-18)27-14-6-13-24-27/h4-14,16H,1-3H3,(H,26,28)/t16-/m1/s1. The third-order valence-corrected chi connectivity index (χ3v) is 5.07. The summed E-state index contributed by atoms with van der Waals surface area (Å²) in [5.41, 5.74) is 5.29. The molecule has 0 aliphatic rings. The first-order valence-corrected chi connectivity index (χ1v) is 9.31. The molecular formula is C23H22N4O. The fourth-order valence-corrected chi connectivity index (χ4v) is 3.55. The Morgan fingerprint density at radius 1 is 1.04 bits per heavy atom. The number of hydrogen-bond acceptors (Lipinski definition) is 3. The lowest BCUT2D eigenvalue weighted by Crippen LogP contribution is -2.28. The number of hydrogen-bond donors (Lipinski definition) is 1. The molecule has 5 nitrogen and oxygen atoms in total. The molecule has 28 heavy (non-hydrogen) atoms. The highest BCUT2D eigenvalue weighted by molar-refractivity contribution is 6.01. The summed E-state index contributed by atoms with van der Waals surface area (Å²) in [4.78, 5) is 17.6. The van der Waals surface area contributed by atoms with Crippen LogP contribution < -0.4 is 5.32 Å². The summed E-state index contributed by atoms with van der Waals surface area (Å²) in [6, 6.07) is 17.7. The van der Waals surface area contributed by atoms with Crippen molar-refractivity contribution in [3.63, 3.8) is 0 Å². The summed E-state index contributed by atoms with van der Waals surface area (Å²) in [6.07, 6.45) is 3.65. The largest absolute Gasteiger partial charge is 0.345 e. The summed E-state index contributed by atoms with van der Waals surface area (Å²) in [7, 11) is 0. The van der Waals surface area contributed by atoms with E-state index in [1.165, 1.54) is 0 Å². The molecule has 0 unspecified atom stereocenters. The topological polar surface area (TPSA) is 59.8 Å². The van der Waals surface area contributed by atoms with Crippen LogP contribution in [0.5, 0.6) is 0 Å². The molecule has 0 saturated carbocycles. The first kappa shape index (κ1) is 17.9. The Morgan fingerprint density at radius 3 is 2.50 bits per heavy atom. The molecule has 1 amide bonds. The van der Waals surface area contributed by atoms with Gasteiger partial charge >= 0.3 is 0 Å². The van der Waals surface area contributed by atoms with Crippen molar-refractivity contribution in [3.8, 4) is 5.69 Å². The number of carbonyl (C=O) groups excluding carboxylic acids is 1. The summed E-state index contributed by atoms with van der Waals surface area (Å²) < 4.78 is 1.81. The molecule has 0 aliphatic heterocycles. The van der Waals surface area contributed by atoms with Crippen molar-refractivity contribution < 1.29 is 4.79 Å². The molecule has 0 saturated heterocycles. The summed E-state index contributed by atoms with van der Waals surface area (Å²) in [5, 5.41) is 8.35. The molecule has 0 spiro atoms. The van der Waals surface area contributed by atoms with E-state index in [1.807, 2.05) is 81.6 Å². The van der Waals surface area contributed by atoms with Crippen LogP contribution in [-0.2, 0) is 0 Å². The van der Waals surface area contributed by atoms with Gasteiger partial charge in [-0.15, -0.1) is 0 Å². The van der Waals surface area contributed by atoms with Gasteiger partial charge in [0.25, 0.3) is 5.91 Å². The molecule has 5 heteroatoms. The van der Waals surface area contributed by atoms with Crippen molar-refractivity contribution in [1.29, 1.82) is 0 Å². The number of nitrogens with one attached hydrogen (secondary N) is 1. The van der Waals surface area contributed by atoms with Crippen molar-refractivity contribution >= 4 is 16.8 Å². The molecule has 4 aromatic rings. The van der Waals surface area contributed by atoms with Crippen LogP contribution in [0.2, 0.25) is 0 Å². The number of benzene rings is 2. The van der Waals surface area contributed by atoms with Crippen molar-refractivity contribution in [2.24, 2.45) is 0 Å². The average Bonchev–Trinajstić information content (AvgIpc) is 3.23. The second kappa shape index (κ2) is 7.27. The maximum atomic E-state index is 13.0. The van der Waals surface area contributed by atoms with Crippen LogP contribution in [0.1, 0.15) is 40.1 Å². The number of para-hydroxylation sites is 1. The average molecular weight is 370 g/mol. The number of rotatable bonds is 4. The quantitative estimate of drug-likeness (QED) is 0.574. The van der Waals surface area contributed by atoms with Crippen LogP contribution in [0, 0.1) is 13.8 Å². The lowest BCUT2D eigenvalue weighted by Gasteiger charge is -2.17. The highest BCUT2D eigenvalue weighted by Crippen LogP contribution is 2.23. The SMILES string of the molecule is Cc1nc2ccccc2c(C)c1C(=O)N[C@H](C)c1ccc(-n2cccn2)cc1. The van der Waals surface area contributed by atoms with Gasteiger partial charge in [-0.3, -0.25) is 9.78 Å². The van der Waals surface area contributed by atoms with Gasteiger partial charge in [-0.2, -0.15) is 5.10 Å². The van der Waals surface area contributed by atoms with E-state index in [4.69, 9.17) is 0 Å². The van der Waals surface area contributed by atoms with Gasteiger partial charge < -0.3 is 5.32 Å². The van der Waals surface area contributed by atoms with Gasteiger partial charge in [-0.05, 0) is 56.2 Å². The molecule has 2 aromatic heterocycles. The molecule has 4 rings (SSSR count). The predicted molar refractivity (Wildman–Crippen MR) is 111 cm³/mol. The van der Waals surface area contributed by atoms with Gasteiger partial charge in [0.2, 0.25) is 0 Å². The molecule has 2 aromatic carbocycles. The molecule has 0 fully saturated rings. The lowest BCUT2D eigenvalue weighted by atomic mass is 10.0. The minimum Gasteiger partial charge on any atom is -0.345 e. The minimum atomic E-state index is -0.121. The second-order valence-corrected chi connectivity index (χ2v) is 6.95. The maximum Gasteiger partial charge on any atom is 0.253 e. The zero-order valence-corrected chi connectivity index (χ0v) is 16.2. The number of carbonyl (C=O) groups is 1. The molecule has 1 N–H and O–H groups in total. The third-order valence-electron chi connectivity index (χ3n) is 5.07. The summed E-state index contributed by atoms with van der Waals surface area (Å²) in [6.45, 7) is 5.85. The predicted octanol–water partition coefficient (Wildman–Crippen LogP) is 4.53. The van der Waals surface area contributed by atoms with E-state index in [0.29, 0.717) is 5.56 Å². The van der Waals surface area contributed by atoms with E-state index in [0.717, 1.165) is 33.4 Å². The van der Waals surface area contributed by atoms with Gasteiger partial charge in [0.15, 0.2) is 0 Å². The fourth-order valence-electron chi connectivity index (χ4n) is 3.55. The van der Waals surface area contributed by atoms with Crippen molar-refractivity contribution in [3.05, 3.63) is 89.4 Å². The molecule has 1 atom stereocenters. The van der Waals surface area contributed by atoms with Crippen LogP contribution in [0.15, 0.2) is 67.0 Å². The van der Waals surface area contributed by atoms with Crippen molar-refractivity contribution in [2.75, 3.05) is 0 Å². The summed E-state index contributed by atoms with van der Waals surface area (Å²) in [5.74, 6) is -0.100. The van der Waals surface area contributed by atoms with E-state index in [-0.39, 0.29) is 11.9 Å². The van der Waals surface area contributed by atoms with Crippen molar-refractivity contribution in [2.45, 2.75) is 26.8 Å². The Balaban J connectivity index is 1.57. The number of fused-ring (bicyclic) bond motifs is 1. The number of nitrogens with zero attached hydrogens (tertiary/aromatic N) is 3. The van der Waals surface area contributed by atoms with Gasteiger partial charge in [0.1, 0.15) is 0 Å². The minimum absolute atomic E-state index is 0.100. The lowest BCUT2D eigenvalue weighted by molar-refractivity contribution is 0.0938. The normalized spacial score (nSPS) is 12.1. The van der Waals surface area contributed by atoms with Gasteiger partial charge in [-0.1, -0.05) is 30.3 Å². The molecule has 2 heterocycles. The van der Waals surface area contributed by atoms with Crippen LogP contribution in [0.4, 0.5) is 0 Å². The smallest absolute Gasteiger partial charge is 0.253 e. The zero-order valence-electron chi connectivity index (χ0n) is 16.2. The van der Waals surface area contributed by atoms with E-state index >= 15 is 0 Å². The molecular weight excluding hydrogens is 348 g/mol. The fraction of sp³-hybridized carbons (Fsp3) is 0.174. The van der Waals surface area contributed by atoms with E-state index < -0.39 is 0 Å². The Morgan fingerprint density at radius 2 is 1.79 bits per heavy atom. The number of aromatic nitrogens is 3. The Hall–Kier alpha value is -3.47. The van der Waals surface area contributed by atoms with Gasteiger partial charge in [0, 0.05) is 17.8 Å². The second-order valence-electron chi connectivity index (χ2n) is 6.95. The third kappa shape index (κ3) is 3.27. The first-order chi connectivity index (χ1) is 13.5. The van der Waals surface area contributed by atoms with E-state index in [2.05, 4.69) is 15.4 Å². The zero-order chi connectivity index (χ0) is 19.7. The Labute approximate surface area is 164 Å². The highest BCUT2D eigenvalue weighted by Gasteiger charge is 2.18. The number of pyridine rings is 1. The van der Waals surface area contributed by atoms with Crippen LogP contribution in [-0.4, -0.2) is 20.7 Å². The monoisotopic (exact) mass is 370 g/mol. The molecule has 0 radical (unpaired) electrons. The first-order valence-electron chi connectivity index (χ1n) is 9.31. The maximum absolute atomic E-state index is 13.0. The van der Waals surface area contributed by atoms with Crippen LogP contribution in [0.25, 0.3) is 16.6 Å². The Kier molecular flexibility index (Phi) is 4.65. The van der Waals surface area contributed by atoms with E-state index in [1.54, 1.807) is 10.9 Å². The Bertz CT molecular complexity index is 1130. The van der Waals surface area contributed by atoms with Crippen molar-refractivity contribution in [1.82, 2.24) is 20.1 Å². The molecule has 0 bridgehead atoms. The van der Waals surface area contributed by atoms with Crippen LogP contribution >= 0.6 is 0 Å². The van der Waals surface area contributed by atoms with E-state index in [9.17, 15) is 4.79 Å². The summed E-state index contributed by atoms with van der Waals surface area (Å²) >= 11 is 0. The molecule has 140 valence electrons.